The first-order valence-electron chi connectivity index (χ1n) is 11.1. The molecule has 0 atom stereocenters. The van der Waals surface area contributed by atoms with Gasteiger partial charge in [0.25, 0.3) is 0 Å². The van der Waals surface area contributed by atoms with Gasteiger partial charge >= 0.3 is 12.1 Å². The van der Waals surface area contributed by atoms with Crippen molar-refractivity contribution in [3.63, 3.8) is 0 Å². The van der Waals surface area contributed by atoms with Crippen LogP contribution in [0.25, 0.3) is 0 Å². The molecule has 0 fully saturated rings. The van der Waals surface area contributed by atoms with Gasteiger partial charge in [-0.3, -0.25) is 19.6 Å². The van der Waals surface area contributed by atoms with Crippen LogP contribution < -0.4 is 19.6 Å². The van der Waals surface area contributed by atoms with Crippen molar-refractivity contribution in [2.75, 3.05) is 47.8 Å². The molecule has 0 heterocycles. The standard InChI is InChI=1S/C27H31BrN4O2/c1-19(2)20-11-9-12-21(17-20)29(3)26(33)30(4)22-13-10-14-23(18-22)31(5)27(34)32(6)25-16-8-7-15-24(25)28/h7-19H,1-6H3. The molecule has 0 bridgehead atoms. The van der Waals surface area contributed by atoms with Crippen molar-refractivity contribution in [1.82, 2.24) is 0 Å². The second kappa shape index (κ2) is 10.7. The summed E-state index contributed by atoms with van der Waals surface area (Å²) in [5.74, 6) is 0.376. The van der Waals surface area contributed by atoms with Gasteiger partial charge in [-0.15, -0.1) is 0 Å². The van der Waals surface area contributed by atoms with Crippen LogP contribution in [0.4, 0.5) is 32.3 Å². The van der Waals surface area contributed by atoms with E-state index in [0.29, 0.717) is 17.3 Å². The van der Waals surface area contributed by atoms with Gasteiger partial charge in [-0.05, 0) is 69.9 Å². The van der Waals surface area contributed by atoms with Crippen LogP contribution in [0.3, 0.4) is 0 Å². The van der Waals surface area contributed by atoms with Crippen LogP contribution in [0.2, 0.25) is 0 Å². The molecule has 7 heteroatoms. The van der Waals surface area contributed by atoms with Gasteiger partial charge in [-0.1, -0.05) is 44.2 Å². The van der Waals surface area contributed by atoms with Crippen LogP contribution in [0.15, 0.2) is 77.3 Å². The van der Waals surface area contributed by atoms with Gasteiger partial charge in [0.1, 0.15) is 0 Å². The average Bonchev–Trinajstić information content (AvgIpc) is 2.86. The van der Waals surface area contributed by atoms with E-state index in [1.807, 2.05) is 66.7 Å². The fourth-order valence-corrected chi connectivity index (χ4v) is 4.16. The van der Waals surface area contributed by atoms with E-state index in [2.05, 4.69) is 35.8 Å². The molecule has 0 aliphatic rings. The van der Waals surface area contributed by atoms with E-state index >= 15 is 0 Å². The van der Waals surface area contributed by atoms with E-state index < -0.39 is 0 Å². The van der Waals surface area contributed by atoms with E-state index in [1.54, 1.807) is 47.8 Å². The molecule has 0 aliphatic heterocycles. The Morgan fingerprint density at radius 2 is 1.12 bits per heavy atom. The SMILES string of the molecule is CC(C)c1cccc(N(C)C(=O)N(C)c2cccc(N(C)C(=O)N(C)c3ccccc3Br)c2)c1. The number of hydrogen-bond donors (Lipinski definition) is 0. The molecule has 0 radical (unpaired) electrons. The summed E-state index contributed by atoms with van der Waals surface area (Å²) in [6, 6.07) is 22.6. The molecule has 3 aromatic carbocycles. The maximum Gasteiger partial charge on any atom is 0.328 e. The van der Waals surface area contributed by atoms with Crippen molar-refractivity contribution in [3.05, 3.63) is 82.8 Å². The molecular formula is C27H31BrN4O2. The molecule has 0 N–H and O–H groups in total. The predicted octanol–water partition coefficient (Wildman–Crippen LogP) is 6.96. The van der Waals surface area contributed by atoms with Crippen molar-refractivity contribution in [2.45, 2.75) is 19.8 Å². The van der Waals surface area contributed by atoms with Gasteiger partial charge in [0.05, 0.1) is 5.69 Å². The molecule has 3 aromatic rings. The van der Waals surface area contributed by atoms with Crippen LogP contribution in [0.5, 0.6) is 0 Å². The Balaban J connectivity index is 1.80. The molecule has 0 aliphatic carbocycles. The third kappa shape index (κ3) is 5.42. The van der Waals surface area contributed by atoms with Gasteiger partial charge in [0, 0.05) is 49.7 Å². The summed E-state index contributed by atoms with van der Waals surface area (Å²) in [5, 5.41) is 0. The lowest BCUT2D eigenvalue weighted by Crippen LogP contribution is -2.40. The van der Waals surface area contributed by atoms with Crippen molar-refractivity contribution < 1.29 is 9.59 Å². The lowest BCUT2D eigenvalue weighted by Gasteiger charge is -2.28. The maximum atomic E-state index is 13.2. The van der Waals surface area contributed by atoms with E-state index in [1.165, 1.54) is 5.56 Å². The van der Waals surface area contributed by atoms with Gasteiger partial charge < -0.3 is 0 Å². The Labute approximate surface area is 210 Å². The number of rotatable bonds is 5. The zero-order valence-corrected chi connectivity index (χ0v) is 22.1. The van der Waals surface area contributed by atoms with Crippen LogP contribution in [0.1, 0.15) is 25.3 Å². The molecular weight excluding hydrogens is 492 g/mol. The van der Waals surface area contributed by atoms with E-state index in [4.69, 9.17) is 0 Å². The number of benzene rings is 3. The summed E-state index contributed by atoms with van der Waals surface area (Å²) in [4.78, 5) is 32.7. The van der Waals surface area contributed by atoms with Gasteiger partial charge in [0.2, 0.25) is 0 Å². The number of hydrogen-bond acceptors (Lipinski definition) is 2. The van der Waals surface area contributed by atoms with E-state index in [-0.39, 0.29) is 12.1 Å². The first-order valence-corrected chi connectivity index (χ1v) is 11.9. The Morgan fingerprint density at radius 3 is 1.65 bits per heavy atom. The van der Waals surface area contributed by atoms with Crippen molar-refractivity contribution in [3.8, 4) is 0 Å². The zero-order chi connectivity index (χ0) is 25.0. The van der Waals surface area contributed by atoms with E-state index in [0.717, 1.165) is 15.8 Å². The molecule has 0 aromatic heterocycles. The van der Waals surface area contributed by atoms with Crippen molar-refractivity contribution in [2.24, 2.45) is 0 Å². The Kier molecular flexibility index (Phi) is 7.99. The summed E-state index contributed by atoms with van der Waals surface area (Å²) in [5.41, 5.74) is 4.16. The fourth-order valence-electron chi connectivity index (χ4n) is 3.61. The van der Waals surface area contributed by atoms with Gasteiger partial charge in [-0.2, -0.15) is 0 Å². The van der Waals surface area contributed by atoms with Crippen LogP contribution in [-0.4, -0.2) is 40.3 Å². The second-order valence-corrected chi connectivity index (χ2v) is 9.38. The molecule has 0 unspecified atom stereocenters. The zero-order valence-electron chi connectivity index (χ0n) is 20.5. The summed E-state index contributed by atoms with van der Waals surface area (Å²) in [6.07, 6.45) is 0. The largest absolute Gasteiger partial charge is 0.328 e. The molecule has 0 saturated heterocycles. The first-order chi connectivity index (χ1) is 16.1. The Morgan fingerprint density at radius 1 is 0.647 bits per heavy atom. The topological polar surface area (TPSA) is 47.1 Å². The third-order valence-electron chi connectivity index (χ3n) is 5.89. The van der Waals surface area contributed by atoms with Gasteiger partial charge in [0.15, 0.2) is 0 Å². The number of carbonyl (C=O) groups is 2. The minimum absolute atomic E-state index is 0.169. The highest BCUT2D eigenvalue weighted by Crippen LogP contribution is 2.28. The molecule has 4 amide bonds. The molecule has 6 nitrogen and oxygen atoms in total. The normalized spacial score (nSPS) is 10.7. The number of anilines is 4. The van der Waals surface area contributed by atoms with Crippen LogP contribution >= 0.6 is 15.9 Å². The third-order valence-corrected chi connectivity index (χ3v) is 6.56. The molecule has 0 saturated carbocycles. The summed E-state index contributed by atoms with van der Waals surface area (Å²) in [6.45, 7) is 4.26. The van der Waals surface area contributed by atoms with Crippen molar-refractivity contribution >= 4 is 50.7 Å². The van der Waals surface area contributed by atoms with Gasteiger partial charge in [-0.25, -0.2) is 9.59 Å². The highest BCUT2D eigenvalue weighted by atomic mass is 79.9. The lowest BCUT2D eigenvalue weighted by molar-refractivity contribution is 0.253. The summed E-state index contributed by atoms with van der Waals surface area (Å²) in [7, 11) is 6.96. The van der Waals surface area contributed by atoms with Crippen molar-refractivity contribution in [1.29, 1.82) is 0 Å². The molecule has 3 rings (SSSR count). The monoisotopic (exact) mass is 522 g/mol. The average molecular weight is 523 g/mol. The summed E-state index contributed by atoms with van der Waals surface area (Å²) >= 11 is 3.50. The number of nitrogens with zero attached hydrogens (tertiary/aromatic N) is 4. The molecule has 178 valence electrons. The van der Waals surface area contributed by atoms with E-state index in [9.17, 15) is 9.59 Å². The quantitative estimate of drug-likeness (QED) is 0.363. The minimum atomic E-state index is -0.194. The fraction of sp³-hybridized carbons (Fsp3) is 0.259. The molecule has 0 spiro atoms. The predicted molar refractivity (Wildman–Crippen MR) is 146 cm³/mol. The first kappa shape index (κ1) is 25.3. The second-order valence-electron chi connectivity index (χ2n) is 8.52. The number of para-hydroxylation sites is 1. The summed E-state index contributed by atoms with van der Waals surface area (Å²) < 4.78 is 0.836. The van der Waals surface area contributed by atoms with Crippen LogP contribution in [-0.2, 0) is 0 Å². The smallest absolute Gasteiger partial charge is 0.297 e. The number of urea groups is 2. The van der Waals surface area contributed by atoms with Crippen LogP contribution in [0, 0.1) is 0 Å². The molecule has 34 heavy (non-hydrogen) atoms. The highest BCUT2D eigenvalue weighted by Gasteiger charge is 2.21. The highest BCUT2D eigenvalue weighted by molar-refractivity contribution is 9.10. The Hall–Kier alpha value is -3.32. The number of halogens is 1. The number of amides is 4. The Bertz CT molecular complexity index is 1180. The number of carbonyl (C=O) groups excluding carboxylic acids is 2. The lowest BCUT2D eigenvalue weighted by atomic mass is 10.0. The maximum absolute atomic E-state index is 13.2. The minimum Gasteiger partial charge on any atom is -0.297 e.